The van der Waals surface area contributed by atoms with Crippen LogP contribution in [0.2, 0.25) is 0 Å². The lowest BCUT2D eigenvalue weighted by atomic mass is 10.3. The van der Waals surface area contributed by atoms with Crippen molar-refractivity contribution in [2.45, 2.75) is 13.1 Å². The number of hydrogen-bond acceptors (Lipinski definition) is 3. The molecule has 0 aliphatic rings. The van der Waals surface area contributed by atoms with E-state index >= 15 is 0 Å². The first-order valence-electron chi connectivity index (χ1n) is 5.62. The molecule has 0 unspecified atom stereocenters. The SMILES string of the molecule is Cc1c(C(F)(F)F)[nH]n(-c2nc3ccccc3s2)c1=S. The van der Waals surface area contributed by atoms with Gasteiger partial charge < -0.3 is 0 Å². The predicted octanol–water partition coefficient (Wildman–Crippen LogP) is 4.47. The van der Waals surface area contributed by atoms with Crippen LogP contribution in [0.4, 0.5) is 13.2 Å². The van der Waals surface area contributed by atoms with Crippen LogP contribution in [0, 0.1) is 11.6 Å². The molecule has 0 saturated heterocycles. The van der Waals surface area contributed by atoms with Crippen molar-refractivity contribution in [3.63, 3.8) is 0 Å². The molecule has 0 aliphatic heterocycles. The van der Waals surface area contributed by atoms with Gasteiger partial charge in [-0.1, -0.05) is 35.7 Å². The van der Waals surface area contributed by atoms with Crippen LogP contribution >= 0.6 is 23.6 Å². The topological polar surface area (TPSA) is 33.6 Å². The van der Waals surface area contributed by atoms with Crippen LogP contribution in [0.3, 0.4) is 0 Å². The highest BCUT2D eigenvalue weighted by atomic mass is 32.1. The normalized spacial score (nSPS) is 12.2. The summed E-state index contributed by atoms with van der Waals surface area (Å²) in [5.74, 6) is 0. The number of aromatic nitrogens is 3. The summed E-state index contributed by atoms with van der Waals surface area (Å²) >= 11 is 6.35. The van der Waals surface area contributed by atoms with E-state index in [-0.39, 0.29) is 10.2 Å². The van der Waals surface area contributed by atoms with Gasteiger partial charge in [0.05, 0.1) is 10.2 Å². The average molecular weight is 315 g/mol. The second-order valence-electron chi connectivity index (χ2n) is 4.21. The van der Waals surface area contributed by atoms with Crippen molar-refractivity contribution < 1.29 is 13.2 Å². The summed E-state index contributed by atoms with van der Waals surface area (Å²) in [6.07, 6.45) is -4.46. The number of H-pyrrole nitrogens is 1. The third kappa shape index (κ3) is 2.04. The van der Waals surface area contributed by atoms with Gasteiger partial charge in [-0.3, -0.25) is 5.10 Å². The van der Waals surface area contributed by atoms with Gasteiger partial charge in [-0.25, -0.2) is 9.67 Å². The summed E-state index contributed by atoms with van der Waals surface area (Å²) in [5.41, 5.74) is -0.0938. The summed E-state index contributed by atoms with van der Waals surface area (Å²) in [4.78, 5) is 4.30. The monoisotopic (exact) mass is 315 g/mol. The van der Waals surface area contributed by atoms with Crippen molar-refractivity contribution in [1.82, 2.24) is 14.8 Å². The van der Waals surface area contributed by atoms with E-state index in [9.17, 15) is 13.2 Å². The minimum atomic E-state index is -4.46. The lowest BCUT2D eigenvalue weighted by Gasteiger charge is -2.03. The van der Waals surface area contributed by atoms with Crippen LogP contribution in [0.15, 0.2) is 24.3 Å². The molecule has 0 spiro atoms. The van der Waals surface area contributed by atoms with E-state index in [4.69, 9.17) is 12.2 Å². The zero-order chi connectivity index (χ0) is 14.5. The fourth-order valence-corrected chi connectivity index (χ4v) is 3.11. The number of alkyl halides is 3. The molecule has 20 heavy (non-hydrogen) atoms. The largest absolute Gasteiger partial charge is 0.433 e. The van der Waals surface area contributed by atoms with Crippen molar-refractivity contribution in [1.29, 1.82) is 0 Å². The van der Waals surface area contributed by atoms with Crippen LogP contribution in [0.5, 0.6) is 0 Å². The predicted molar refractivity (Wildman–Crippen MR) is 73.9 cm³/mol. The molecular formula is C12H8F3N3S2. The molecule has 0 atom stereocenters. The molecule has 0 radical (unpaired) electrons. The Morgan fingerprint density at radius 1 is 1.30 bits per heavy atom. The second-order valence-corrected chi connectivity index (χ2v) is 5.61. The summed E-state index contributed by atoms with van der Waals surface area (Å²) in [6.45, 7) is 1.35. The quantitative estimate of drug-likeness (QED) is 0.672. The van der Waals surface area contributed by atoms with Gasteiger partial charge >= 0.3 is 6.18 Å². The first-order valence-corrected chi connectivity index (χ1v) is 6.85. The van der Waals surface area contributed by atoms with E-state index in [0.717, 1.165) is 10.2 Å². The highest BCUT2D eigenvalue weighted by molar-refractivity contribution is 7.71. The number of para-hydroxylation sites is 1. The maximum Gasteiger partial charge on any atom is 0.433 e. The number of fused-ring (bicyclic) bond motifs is 1. The molecule has 8 heteroatoms. The molecule has 3 aromatic rings. The van der Waals surface area contributed by atoms with Crippen LogP contribution < -0.4 is 0 Å². The van der Waals surface area contributed by atoms with Crippen LogP contribution in [0.25, 0.3) is 15.3 Å². The van der Waals surface area contributed by atoms with Gasteiger partial charge in [0.15, 0.2) is 0 Å². The Labute approximate surface area is 120 Å². The molecule has 1 N–H and O–H groups in total. The number of hydrogen-bond donors (Lipinski definition) is 1. The van der Waals surface area contributed by atoms with E-state index in [0.29, 0.717) is 5.13 Å². The van der Waals surface area contributed by atoms with Crippen LogP contribution in [0.1, 0.15) is 11.3 Å². The Hall–Kier alpha value is -1.67. The fraction of sp³-hybridized carbons (Fsp3) is 0.167. The number of nitrogens with one attached hydrogen (secondary N) is 1. The smallest absolute Gasteiger partial charge is 0.286 e. The molecule has 0 saturated carbocycles. The molecule has 0 amide bonds. The Morgan fingerprint density at radius 2 is 2.00 bits per heavy atom. The fourth-order valence-electron chi connectivity index (χ4n) is 1.89. The van der Waals surface area contributed by atoms with Gasteiger partial charge in [-0.15, -0.1) is 0 Å². The molecule has 104 valence electrons. The van der Waals surface area contributed by atoms with Crippen molar-refractivity contribution in [2.75, 3.05) is 0 Å². The highest BCUT2D eigenvalue weighted by Crippen LogP contribution is 2.33. The Balaban J connectivity index is 2.22. The average Bonchev–Trinajstić information content (AvgIpc) is 2.91. The molecule has 1 aromatic carbocycles. The summed E-state index contributed by atoms with van der Waals surface area (Å²) in [7, 11) is 0. The number of halogens is 3. The lowest BCUT2D eigenvalue weighted by molar-refractivity contribution is -0.141. The van der Waals surface area contributed by atoms with Gasteiger partial charge in [0.2, 0.25) is 5.13 Å². The molecule has 3 rings (SSSR count). The van der Waals surface area contributed by atoms with Gasteiger partial charge in [-0.2, -0.15) is 13.2 Å². The number of rotatable bonds is 1. The molecule has 3 nitrogen and oxygen atoms in total. The minimum Gasteiger partial charge on any atom is -0.286 e. The van der Waals surface area contributed by atoms with Gasteiger partial charge in [0, 0.05) is 5.56 Å². The molecule has 2 heterocycles. The number of aromatic amines is 1. The van der Waals surface area contributed by atoms with Crippen molar-refractivity contribution in [3.8, 4) is 5.13 Å². The third-order valence-corrected chi connectivity index (χ3v) is 4.39. The highest BCUT2D eigenvalue weighted by Gasteiger charge is 2.36. The van der Waals surface area contributed by atoms with Crippen molar-refractivity contribution in [2.24, 2.45) is 0 Å². The van der Waals surface area contributed by atoms with Gasteiger partial charge in [0.25, 0.3) is 0 Å². The minimum absolute atomic E-state index is 0.00626. The lowest BCUT2D eigenvalue weighted by Crippen LogP contribution is -2.08. The van der Waals surface area contributed by atoms with E-state index in [1.165, 1.54) is 22.9 Å². The summed E-state index contributed by atoms with van der Waals surface area (Å²) in [5, 5.41) is 2.70. The zero-order valence-corrected chi connectivity index (χ0v) is 11.8. The Morgan fingerprint density at radius 3 is 2.60 bits per heavy atom. The standard InChI is InChI=1S/C12H8F3N3S2/c1-6-9(12(13,14)15)17-18(10(6)19)11-16-7-4-2-3-5-8(7)20-11/h2-5,17H,1H3. The van der Waals surface area contributed by atoms with Gasteiger partial charge in [0.1, 0.15) is 10.3 Å². The van der Waals surface area contributed by atoms with E-state index in [1.54, 1.807) is 6.07 Å². The maximum absolute atomic E-state index is 12.9. The summed E-state index contributed by atoms with van der Waals surface area (Å²) < 4.78 is 40.8. The van der Waals surface area contributed by atoms with Gasteiger partial charge in [-0.05, 0) is 19.1 Å². The van der Waals surface area contributed by atoms with E-state index in [1.807, 2.05) is 18.2 Å². The van der Waals surface area contributed by atoms with E-state index < -0.39 is 11.9 Å². The number of benzene rings is 1. The zero-order valence-electron chi connectivity index (χ0n) is 10.2. The Kier molecular flexibility index (Phi) is 2.94. The number of thiazole rings is 1. The summed E-state index contributed by atoms with van der Waals surface area (Å²) in [6, 6.07) is 7.34. The van der Waals surface area contributed by atoms with Crippen LogP contribution in [-0.4, -0.2) is 14.8 Å². The third-order valence-electron chi connectivity index (χ3n) is 2.88. The van der Waals surface area contributed by atoms with Crippen molar-refractivity contribution >= 4 is 33.8 Å². The first kappa shape index (κ1) is 13.3. The van der Waals surface area contributed by atoms with Crippen molar-refractivity contribution in [3.05, 3.63) is 40.2 Å². The van der Waals surface area contributed by atoms with Crippen LogP contribution in [-0.2, 0) is 6.18 Å². The maximum atomic E-state index is 12.9. The second kappa shape index (κ2) is 4.42. The molecular weight excluding hydrogens is 307 g/mol. The molecule has 0 fully saturated rings. The molecule has 0 aliphatic carbocycles. The number of nitrogens with zero attached hydrogens (tertiary/aromatic N) is 2. The first-order chi connectivity index (χ1) is 9.38. The molecule has 0 bridgehead atoms. The van der Waals surface area contributed by atoms with E-state index in [2.05, 4.69) is 10.1 Å². The Bertz CT molecular complexity index is 809. The molecule has 2 aromatic heterocycles.